The molecule has 3 heterocycles. The molecule has 1 saturated carbocycles. The smallest absolute Gasteiger partial charge is 0.314 e. The van der Waals surface area contributed by atoms with Crippen LogP contribution in [0.4, 0.5) is 5.82 Å². The lowest BCUT2D eigenvalue weighted by atomic mass is 9.61. The zero-order chi connectivity index (χ0) is 21.3. The van der Waals surface area contributed by atoms with E-state index in [1.807, 2.05) is 19.1 Å². The minimum atomic E-state index is -0.426. The zero-order valence-electron chi connectivity index (χ0n) is 18.5. The number of hydrogen-bond acceptors (Lipinski definition) is 6. The van der Waals surface area contributed by atoms with Gasteiger partial charge in [-0.2, -0.15) is 0 Å². The highest BCUT2D eigenvalue weighted by atomic mass is 16.5. The minimum Gasteiger partial charge on any atom is -0.466 e. The topological polar surface area (TPSA) is 54.9 Å². The van der Waals surface area contributed by atoms with Gasteiger partial charge in [0, 0.05) is 37.6 Å². The Balaban J connectivity index is 1.39. The number of piperidine rings is 1. The van der Waals surface area contributed by atoms with E-state index in [-0.39, 0.29) is 5.97 Å². The van der Waals surface area contributed by atoms with E-state index in [1.54, 1.807) is 0 Å². The molecule has 3 aliphatic rings. The molecule has 1 aromatic heterocycles. The molecule has 6 heteroatoms. The molecule has 6 nitrogen and oxygen atoms in total. The molecule has 0 spiro atoms. The van der Waals surface area contributed by atoms with Crippen molar-refractivity contribution < 1.29 is 14.3 Å². The van der Waals surface area contributed by atoms with Crippen molar-refractivity contribution in [1.29, 1.82) is 0 Å². The molecule has 2 aromatic rings. The highest BCUT2D eigenvalue weighted by Gasteiger charge is 2.54. The number of ether oxygens (including phenoxy) is 2. The zero-order valence-corrected chi connectivity index (χ0v) is 18.5. The van der Waals surface area contributed by atoms with E-state index in [0.717, 1.165) is 75.3 Å². The molecule has 0 unspecified atom stereocenters. The second-order valence-electron chi connectivity index (χ2n) is 9.22. The van der Waals surface area contributed by atoms with Gasteiger partial charge in [-0.1, -0.05) is 18.2 Å². The molecule has 166 valence electrons. The molecule has 2 saturated heterocycles. The molecule has 0 radical (unpaired) electrons. The standard InChI is InChI=1S/C25H33N3O3/c1-2-31-24(29)25-11-9-21(27-13-15-30-16-14-27)17-20(25)10-12-28(18-25)23-8-7-19-5-3-4-6-22(19)26-23/h3-8,20-21H,2,9-18H2,1H3/t20-,21-,25-/m1/s1. The molecule has 31 heavy (non-hydrogen) atoms. The first-order chi connectivity index (χ1) is 15.2. The Hall–Kier alpha value is -2.18. The SMILES string of the molecule is CCOC(=O)[C@@]12CC[C@@H](N3CCOCC3)C[C@H]1CCN(c1ccc3ccccc3n1)C2. The summed E-state index contributed by atoms with van der Waals surface area (Å²) in [6.07, 6.45) is 4.03. The second-order valence-corrected chi connectivity index (χ2v) is 9.22. The highest BCUT2D eigenvalue weighted by molar-refractivity contribution is 5.81. The molecule has 0 N–H and O–H groups in total. The first-order valence-electron chi connectivity index (χ1n) is 11.8. The fraction of sp³-hybridized carbons (Fsp3) is 0.600. The molecular formula is C25H33N3O3. The summed E-state index contributed by atoms with van der Waals surface area (Å²) in [6, 6.07) is 13.0. The van der Waals surface area contributed by atoms with E-state index in [1.165, 1.54) is 0 Å². The van der Waals surface area contributed by atoms with Gasteiger partial charge in [-0.05, 0) is 56.7 Å². The van der Waals surface area contributed by atoms with Crippen LogP contribution in [0.2, 0.25) is 0 Å². The lowest BCUT2D eigenvalue weighted by Gasteiger charge is -2.52. The van der Waals surface area contributed by atoms with Crippen molar-refractivity contribution in [2.75, 3.05) is 50.9 Å². The molecule has 5 rings (SSSR count). The maximum absolute atomic E-state index is 13.3. The van der Waals surface area contributed by atoms with Gasteiger partial charge in [0.05, 0.1) is 30.8 Å². The fourth-order valence-electron chi connectivity index (χ4n) is 5.94. The molecule has 0 amide bonds. The molecular weight excluding hydrogens is 390 g/mol. The Morgan fingerprint density at radius 1 is 1.16 bits per heavy atom. The van der Waals surface area contributed by atoms with E-state index in [0.29, 0.717) is 25.1 Å². The predicted octanol–water partition coefficient (Wildman–Crippen LogP) is 3.50. The van der Waals surface area contributed by atoms with E-state index in [2.05, 4.69) is 34.1 Å². The number of hydrogen-bond donors (Lipinski definition) is 0. The van der Waals surface area contributed by atoms with E-state index >= 15 is 0 Å². The average Bonchev–Trinajstić information content (AvgIpc) is 2.83. The van der Waals surface area contributed by atoms with Gasteiger partial charge in [0.25, 0.3) is 0 Å². The van der Waals surface area contributed by atoms with Crippen LogP contribution >= 0.6 is 0 Å². The monoisotopic (exact) mass is 423 g/mol. The van der Waals surface area contributed by atoms with E-state index in [9.17, 15) is 4.79 Å². The number of aromatic nitrogens is 1. The van der Waals surface area contributed by atoms with Gasteiger partial charge in [0.15, 0.2) is 0 Å². The number of para-hydroxylation sites is 1. The third-order valence-electron chi connectivity index (χ3n) is 7.63. The molecule has 2 aliphatic heterocycles. The van der Waals surface area contributed by atoms with Gasteiger partial charge in [0.1, 0.15) is 5.82 Å². The number of esters is 1. The molecule has 1 aliphatic carbocycles. The van der Waals surface area contributed by atoms with Crippen LogP contribution in [0.25, 0.3) is 10.9 Å². The highest BCUT2D eigenvalue weighted by Crippen LogP contribution is 2.49. The first kappa shape index (κ1) is 20.7. The second kappa shape index (κ2) is 8.75. The number of anilines is 1. The van der Waals surface area contributed by atoms with Crippen LogP contribution in [0.1, 0.15) is 32.6 Å². The summed E-state index contributed by atoms with van der Waals surface area (Å²) < 4.78 is 11.2. The van der Waals surface area contributed by atoms with E-state index < -0.39 is 5.41 Å². The van der Waals surface area contributed by atoms with Crippen molar-refractivity contribution in [3.05, 3.63) is 36.4 Å². The summed E-state index contributed by atoms with van der Waals surface area (Å²) in [5, 5.41) is 1.15. The van der Waals surface area contributed by atoms with Crippen LogP contribution in [0.15, 0.2) is 36.4 Å². The first-order valence-corrected chi connectivity index (χ1v) is 11.8. The van der Waals surface area contributed by atoms with Crippen molar-refractivity contribution >= 4 is 22.7 Å². The number of benzene rings is 1. The number of carbonyl (C=O) groups is 1. The van der Waals surface area contributed by atoms with Crippen LogP contribution in [-0.2, 0) is 14.3 Å². The Kier molecular flexibility index (Phi) is 5.85. The van der Waals surface area contributed by atoms with E-state index in [4.69, 9.17) is 14.5 Å². The predicted molar refractivity (Wildman–Crippen MR) is 121 cm³/mol. The van der Waals surface area contributed by atoms with Crippen LogP contribution in [0.3, 0.4) is 0 Å². The number of morpholine rings is 1. The summed E-state index contributed by atoms with van der Waals surface area (Å²) in [5.41, 5.74) is 0.577. The van der Waals surface area contributed by atoms with Gasteiger partial charge < -0.3 is 14.4 Å². The van der Waals surface area contributed by atoms with Gasteiger partial charge in [-0.15, -0.1) is 0 Å². The number of nitrogens with zero attached hydrogens (tertiary/aromatic N) is 3. The third kappa shape index (κ3) is 3.92. The summed E-state index contributed by atoms with van der Waals surface area (Å²) in [7, 11) is 0. The molecule has 1 aromatic carbocycles. The third-order valence-corrected chi connectivity index (χ3v) is 7.63. The summed E-state index contributed by atoms with van der Waals surface area (Å²) in [5.74, 6) is 1.33. The lowest BCUT2D eigenvalue weighted by Crippen LogP contribution is -2.59. The van der Waals surface area contributed by atoms with Crippen LogP contribution in [0.5, 0.6) is 0 Å². The lowest BCUT2D eigenvalue weighted by molar-refractivity contribution is -0.164. The maximum Gasteiger partial charge on any atom is 0.314 e. The van der Waals surface area contributed by atoms with Crippen LogP contribution in [0, 0.1) is 11.3 Å². The molecule has 3 atom stereocenters. The number of fused-ring (bicyclic) bond motifs is 2. The average molecular weight is 424 g/mol. The van der Waals surface area contributed by atoms with Crippen molar-refractivity contribution in [2.45, 2.75) is 38.6 Å². The Labute approximate surface area is 184 Å². The summed E-state index contributed by atoms with van der Waals surface area (Å²) in [4.78, 5) is 23.1. The maximum atomic E-state index is 13.3. The number of pyridine rings is 1. The fourth-order valence-corrected chi connectivity index (χ4v) is 5.94. The van der Waals surface area contributed by atoms with Crippen molar-refractivity contribution in [2.24, 2.45) is 11.3 Å². The number of rotatable bonds is 4. The van der Waals surface area contributed by atoms with Gasteiger partial charge in [0.2, 0.25) is 0 Å². The summed E-state index contributed by atoms with van der Waals surface area (Å²) in [6.45, 7) is 7.67. The molecule has 0 bridgehead atoms. The van der Waals surface area contributed by atoms with Gasteiger partial charge in [-0.25, -0.2) is 4.98 Å². The largest absolute Gasteiger partial charge is 0.466 e. The van der Waals surface area contributed by atoms with Gasteiger partial charge >= 0.3 is 5.97 Å². The van der Waals surface area contributed by atoms with Crippen LogP contribution < -0.4 is 4.90 Å². The van der Waals surface area contributed by atoms with Crippen LogP contribution in [-0.4, -0.2) is 67.9 Å². The van der Waals surface area contributed by atoms with Crippen molar-refractivity contribution in [1.82, 2.24) is 9.88 Å². The summed E-state index contributed by atoms with van der Waals surface area (Å²) >= 11 is 0. The molecule has 3 fully saturated rings. The quantitative estimate of drug-likeness (QED) is 0.702. The van der Waals surface area contributed by atoms with Gasteiger partial charge in [-0.3, -0.25) is 9.69 Å². The number of carbonyl (C=O) groups excluding carboxylic acids is 1. The van der Waals surface area contributed by atoms with Crippen molar-refractivity contribution in [3.8, 4) is 0 Å². The normalized spacial score (nSPS) is 29.5. The Bertz CT molecular complexity index is 929. The Morgan fingerprint density at radius 3 is 2.84 bits per heavy atom. The Morgan fingerprint density at radius 2 is 2.00 bits per heavy atom. The minimum absolute atomic E-state index is 0.00841. The van der Waals surface area contributed by atoms with Crippen molar-refractivity contribution in [3.63, 3.8) is 0 Å².